The van der Waals surface area contributed by atoms with Crippen molar-refractivity contribution in [1.29, 1.82) is 0 Å². The van der Waals surface area contributed by atoms with Crippen LogP contribution in [-0.2, 0) is 5.75 Å². The van der Waals surface area contributed by atoms with E-state index in [0.29, 0.717) is 28.8 Å². The van der Waals surface area contributed by atoms with E-state index in [2.05, 4.69) is 32.5 Å². The number of methoxy groups -OCH3 is 1. The number of benzene rings is 1. The zero-order valence-electron chi connectivity index (χ0n) is 16.5. The van der Waals surface area contributed by atoms with Crippen LogP contribution in [0.25, 0.3) is 5.69 Å². The van der Waals surface area contributed by atoms with Crippen LogP contribution in [0.2, 0.25) is 0 Å². The van der Waals surface area contributed by atoms with Crippen LogP contribution in [0, 0.1) is 0 Å². The van der Waals surface area contributed by atoms with Gasteiger partial charge in [0.05, 0.1) is 18.5 Å². The van der Waals surface area contributed by atoms with E-state index in [4.69, 9.17) is 4.74 Å². The minimum atomic E-state index is -0.217. The number of ether oxygens (including phenoxy) is 1. The minimum absolute atomic E-state index is 0.217. The van der Waals surface area contributed by atoms with Crippen LogP contribution in [0.5, 0.6) is 5.75 Å². The number of aromatic nitrogens is 5. The number of nitrogens with one attached hydrogen (secondary N) is 1. The Hall–Kier alpha value is -2.94. The smallest absolute Gasteiger partial charge is 0.273 e. The molecule has 3 aromatic rings. The van der Waals surface area contributed by atoms with Crippen LogP contribution in [0.3, 0.4) is 0 Å². The van der Waals surface area contributed by atoms with Gasteiger partial charge in [-0.3, -0.25) is 4.79 Å². The van der Waals surface area contributed by atoms with Crippen molar-refractivity contribution in [1.82, 2.24) is 30.3 Å². The van der Waals surface area contributed by atoms with Gasteiger partial charge in [-0.2, -0.15) is 0 Å². The first-order valence-electron chi connectivity index (χ1n) is 9.50. The lowest BCUT2D eigenvalue weighted by Gasteiger charge is -2.09. The van der Waals surface area contributed by atoms with Gasteiger partial charge in [0.2, 0.25) is 0 Å². The molecular formula is C20H24N6O2S. The number of amides is 1. The Kier molecular flexibility index (Phi) is 7.57. The van der Waals surface area contributed by atoms with E-state index in [1.54, 1.807) is 30.3 Å². The molecule has 0 fully saturated rings. The number of unbranched alkanes of at least 4 members (excludes halogenated alkanes) is 2. The third-order valence-electron chi connectivity index (χ3n) is 4.24. The van der Waals surface area contributed by atoms with Crippen LogP contribution < -0.4 is 10.1 Å². The molecule has 2 heterocycles. The normalized spacial score (nSPS) is 10.7. The Balaban J connectivity index is 1.84. The van der Waals surface area contributed by atoms with Crippen molar-refractivity contribution >= 4 is 17.7 Å². The molecule has 29 heavy (non-hydrogen) atoms. The van der Waals surface area contributed by atoms with Crippen molar-refractivity contribution in [2.24, 2.45) is 0 Å². The maximum Gasteiger partial charge on any atom is 0.273 e. The summed E-state index contributed by atoms with van der Waals surface area (Å²) in [5.74, 6) is 0.989. The molecule has 8 nitrogen and oxygen atoms in total. The summed E-state index contributed by atoms with van der Waals surface area (Å²) in [4.78, 5) is 21.2. The number of nitrogens with zero attached hydrogens (tertiary/aromatic N) is 5. The van der Waals surface area contributed by atoms with Gasteiger partial charge in [0.25, 0.3) is 5.91 Å². The molecule has 0 bridgehead atoms. The fourth-order valence-corrected chi connectivity index (χ4v) is 3.49. The standard InChI is InChI=1S/C20H24N6O2S/c1-3-4-5-11-21-19(27)18-17(14-29-20-22-12-6-13-23-20)26(25-24-18)15-7-9-16(28-2)10-8-15/h6-10,12-13H,3-5,11,14H2,1-2H3,(H,21,27). The number of hydrogen-bond donors (Lipinski definition) is 1. The van der Waals surface area contributed by atoms with Crippen molar-refractivity contribution in [2.45, 2.75) is 37.1 Å². The predicted molar refractivity (Wildman–Crippen MR) is 111 cm³/mol. The van der Waals surface area contributed by atoms with E-state index < -0.39 is 0 Å². The van der Waals surface area contributed by atoms with Gasteiger partial charge >= 0.3 is 0 Å². The van der Waals surface area contributed by atoms with Gasteiger partial charge in [-0.15, -0.1) is 5.10 Å². The average molecular weight is 413 g/mol. The third-order valence-corrected chi connectivity index (χ3v) is 5.13. The molecule has 0 atom stereocenters. The van der Waals surface area contributed by atoms with Crippen molar-refractivity contribution in [2.75, 3.05) is 13.7 Å². The molecule has 0 saturated heterocycles. The van der Waals surface area contributed by atoms with Gasteiger partial charge in [0.1, 0.15) is 5.75 Å². The lowest BCUT2D eigenvalue weighted by Crippen LogP contribution is -2.26. The van der Waals surface area contributed by atoms with E-state index in [-0.39, 0.29) is 5.91 Å². The number of rotatable bonds is 10. The molecule has 0 saturated carbocycles. The number of carbonyl (C=O) groups is 1. The molecule has 0 aliphatic rings. The van der Waals surface area contributed by atoms with Crippen LogP contribution in [0.4, 0.5) is 0 Å². The molecule has 0 aliphatic carbocycles. The second kappa shape index (κ2) is 10.6. The Bertz CT molecular complexity index is 914. The highest BCUT2D eigenvalue weighted by Crippen LogP contribution is 2.23. The molecule has 1 aromatic carbocycles. The Morgan fingerprint density at radius 1 is 1.17 bits per heavy atom. The molecule has 1 amide bonds. The summed E-state index contributed by atoms with van der Waals surface area (Å²) in [6.45, 7) is 2.75. The fourth-order valence-electron chi connectivity index (χ4n) is 2.69. The molecule has 1 N–H and O–H groups in total. The molecule has 0 unspecified atom stereocenters. The van der Waals surface area contributed by atoms with E-state index in [9.17, 15) is 4.79 Å². The minimum Gasteiger partial charge on any atom is -0.497 e. The van der Waals surface area contributed by atoms with Gasteiger partial charge in [-0.1, -0.05) is 36.7 Å². The molecule has 9 heteroatoms. The van der Waals surface area contributed by atoms with E-state index in [1.165, 1.54) is 11.8 Å². The Morgan fingerprint density at radius 2 is 1.93 bits per heavy atom. The zero-order valence-corrected chi connectivity index (χ0v) is 17.4. The van der Waals surface area contributed by atoms with Crippen molar-refractivity contribution < 1.29 is 9.53 Å². The first-order valence-corrected chi connectivity index (χ1v) is 10.5. The largest absolute Gasteiger partial charge is 0.497 e. The van der Waals surface area contributed by atoms with Crippen LogP contribution in [-0.4, -0.2) is 44.5 Å². The van der Waals surface area contributed by atoms with Gasteiger partial charge in [0.15, 0.2) is 10.9 Å². The van der Waals surface area contributed by atoms with Gasteiger partial charge < -0.3 is 10.1 Å². The lowest BCUT2D eigenvalue weighted by atomic mass is 10.2. The maximum absolute atomic E-state index is 12.7. The van der Waals surface area contributed by atoms with Crippen LogP contribution >= 0.6 is 11.8 Å². The average Bonchev–Trinajstić information content (AvgIpc) is 3.20. The summed E-state index contributed by atoms with van der Waals surface area (Å²) in [7, 11) is 1.62. The number of thioether (sulfide) groups is 1. The summed E-state index contributed by atoms with van der Waals surface area (Å²) in [5.41, 5.74) is 1.81. The second-order valence-corrected chi connectivity index (χ2v) is 7.22. The number of hydrogen-bond acceptors (Lipinski definition) is 7. The van der Waals surface area contributed by atoms with Crippen LogP contribution in [0.1, 0.15) is 42.4 Å². The van der Waals surface area contributed by atoms with Crippen LogP contribution in [0.15, 0.2) is 47.9 Å². The molecule has 0 aliphatic heterocycles. The van der Waals surface area contributed by atoms with E-state index in [1.807, 2.05) is 24.3 Å². The number of carbonyl (C=O) groups excluding carboxylic acids is 1. The predicted octanol–water partition coefficient (Wildman–Crippen LogP) is 3.28. The quantitative estimate of drug-likeness (QED) is 0.310. The summed E-state index contributed by atoms with van der Waals surface area (Å²) in [5, 5.41) is 12.0. The van der Waals surface area contributed by atoms with Crippen molar-refractivity contribution in [3.05, 3.63) is 54.1 Å². The summed E-state index contributed by atoms with van der Waals surface area (Å²) < 4.78 is 6.90. The topological polar surface area (TPSA) is 94.8 Å². The SMILES string of the molecule is CCCCCNC(=O)c1nnn(-c2ccc(OC)cc2)c1CSc1ncccn1. The first-order chi connectivity index (χ1) is 14.2. The monoisotopic (exact) mass is 412 g/mol. The zero-order chi connectivity index (χ0) is 20.5. The van der Waals surface area contributed by atoms with E-state index in [0.717, 1.165) is 30.7 Å². The van der Waals surface area contributed by atoms with Crippen molar-refractivity contribution in [3.63, 3.8) is 0 Å². The summed E-state index contributed by atoms with van der Waals surface area (Å²) >= 11 is 1.43. The highest BCUT2D eigenvalue weighted by molar-refractivity contribution is 7.98. The van der Waals surface area contributed by atoms with Gasteiger partial charge in [-0.05, 0) is 36.8 Å². The lowest BCUT2D eigenvalue weighted by molar-refractivity contribution is 0.0947. The molecular weight excluding hydrogens is 388 g/mol. The molecule has 3 rings (SSSR count). The van der Waals surface area contributed by atoms with Gasteiger partial charge in [0, 0.05) is 24.7 Å². The molecule has 0 spiro atoms. The molecule has 2 aromatic heterocycles. The second-order valence-electron chi connectivity index (χ2n) is 6.28. The highest BCUT2D eigenvalue weighted by Gasteiger charge is 2.21. The first kappa shape index (κ1) is 20.8. The van der Waals surface area contributed by atoms with Crippen molar-refractivity contribution in [3.8, 4) is 11.4 Å². The summed E-state index contributed by atoms with van der Waals surface area (Å²) in [6.07, 6.45) is 6.50. The maximum atomic E-state index is 12.7. The Labute approximate surface area is 174 Å². The Morgan fingerprint density at radius 3 is 2.62 bits per heavy atom. The summed E-state index contributed by atoms with van der Waals surface area (Å²) in [6, 6.07) is 9.22. The molecule has 0 radical (unpaired) electrons. The van der Waals surface area contributed by atoms with E-state index >= 15 is 0 Å². The molecule has 152 valence electrons. The highest BCUT2D eigenvalue weighted by atomic mass is 32.2. The van der Waals surface area contributed by atoms with Gasteiger partial charge in [-0.25, -0.2) is 14.6 Å². The fraction of sp³-hybridized carbons (Fsp3) is 0.350. The third kappa shape index (κ3) is 5.54.